The van der Waals surface area contributed by atoms with Gasteiger partial charge in [-0.25, -0.2) is 0 Å². The van der Waals surface area contributed by atoms with E-state index in [-0.39, 0.29) is 18.0 Å². The molecular weight excluding hydrogens is 375 g/mol. The van der Waals surface area contributed by atoms with Crippen LogP contribution in [0.25, 0.3) is 0 Å². The summed E-state index contributed by atoms with van der Waals surface area (Å²) in [4.78, 5) is 23.7. The number of hydrogen-bond acceptors (Lipinski definition) is 4. The van der Waals surface area contributed by atoms with Crippen molar-refractivity contribution in [1.29, 1.82) is 0 Å². The van der Waals surface area contributed by atoms with Gasteiger partial charge in [0.2, 0.25) is 11.8 Å². The third kappa shape index (κ3) is 5.90. The summed E-state index contributed by atoms with van der Waals surface area (Å²) in [6.07, 6.45) is -4.73. The van der Waals surface area contributed by atoms with Gasteiger partial charge in [0.05, 0.1) is 30.8 Å². The number of halogens is 3. The highest BCUT2D eigenvalue weighted by Gasteiger charge is 2.33. The minimum atomic E-state index is -4.56. The highest BCUT2D eigenvalue weighted by molar-refractivity contribution is 5.80. The fourth-order valence-electron chi connectivity index (χ4n) is 2.55. The molecule has 9 heteroatoms. The number of carbonyl (C=O) groups excluding carboxylic acids is 2. The maximum absolute atomic E-state index is 13.0. The number of amides is 2. The van der Waals surface area contributed by atoms with E-state index in [1.165, 1.54) is 32.2 Å². The van der Waals surface area contributed by atoms with E-state index >= 15 is 0 Å². The number of ether oxygens (including phenoxy) is 1. The lowest BCUT2D eigenvalue weighted by atomic mass is 10.0. The monoisotopic (exact) mass is 395 g/mol. The summed E-state index contributed by atoms with van der Waals surface area (Å²) in [6.45, 7) is 1.31. The molecule has 0 bridgehead atoms. The number of nitrogens with one attached hydrogen (secondary N) is 3. The zero-order chi connectivity index (χ0) is 20.7. The maximum Gasteiger partial charge on any atom is 0.418 e. The summed E-state index contributed by atoms with van der Waals surface area (Å²) in [7, 11) is 1.51. The van der Waals surface area contributed by atoms with E-state index in [4.69, 9.17) is 4.74 Å². The summed E-state index contributed by atoms with van der Waals surface area (Å²) in [5, 5.41) is 2.65. The Morgan fingerprint density at radius 1 is 1.07 bits per heavy atom. The second-order valence-corrected chi connectivity index (χ2v) is 5.95. The Bertz CT molecular complexity index is 823. The van der Waals surface area contributed by atoms with Crippen LogP contribution in [0.2, 0.25) is 0 Å². The Kier molecular flexibility index (Phi) is 6.86. The van der Waals surface area contributed by atoms with Gasteiger partial charge in [-0.15, -0.1) is 0 Å². The van der Waals surface area contributed by atoms with Gasteiger partial charge in [0.15, 0.2) is 0 Å². The molecule has 0 saturated heterocycles. The zero-order valence-electron chi connectivity index (χ0n) is 15.3. The van der Waals surface area contributed by atoms with E-state index < -0.39 is 23.7 Å². The molecule has 2 aromatic carbocycles. The van der Waals surface area contributed by atoms with Gasteiger partial charge in [-0.3, -0.25) is 20.4 Å². The van der Waals surface area contributed by atoms with Gasteiger partial charge >= 0.3 is 6.18 Å². The number of alkyl halides is 3. The molecule has 150 valence electrons. The predicted octanol–water partition coefficient (Wildman–Crippen LogP) is 3.42. The molecular formula is C19H20F3N3O3. The van der Waals surface area contributed by atoms with Crippen molar-refractivity contribution in [3.8, 4) is 5.75 Å². The lowest BCUT2D eigenvalue weighted by Crippen LogP contribution is -2.35. The van der Waals surface area contributed by atoms with Gasteiger partial charge in [0.25, 0.3) is 0 Å². The van der Waals surface area contributed by atoms with Crippen molar-refractivity contribution in [3.05, 3.63) is 59.7 Å². The van der Waals surface area contributed by atoms with Crippen molar-refractivity contribution in [2.75, 3.05) is 12.5 Å². The number of carbonyl (C=O) groups is 2. The Hall–Kier alpha value is -3.23. The molecule has 0 aliphatic rings. The number of para-hydroxylation sites is 1. The Balaban J connectivity index is 2.07. The van der Waals surface area contributed by atoms with Gasteiger partial charge in [-0.1, -0.05) is 24.3 Å². The number of benzene rings is 2. The van der Waals surface area contributed by atoms with Crippen LogP contribution in [0.4, 0.5) is 18.9 Å². The predicted molar refractivity (Wildman–Crippen MR) is 97.4 cm³/mol. The Labute approximate surface area is 160 Å². The van der Waals surface area contributed by atoms with Crippen molar-refractivity contribution >= 4 is 17.5 Å². The van der Waals surface area contributed by atoms with E-state index in [1.807, 2.05) is 0 Å². The first-order valence-corrected chi connectivity index (χ1v) is 8.33. The summed E-state index contributed by atoms with van der Waals surface area (Å²) >= 11 is 0. The van der Waals surface area contributed by atoms with Crippen LogP contribution in [-0.4, -0.2) is 18.9 Å². The second-order valence-electron chi connectivity index (χ2n) is 5.95. The number of hydrogen-bond donors (Lipinski definition) is 3. The number of rotatable bonds is 7. The Morgan fingerprint density at radius 3 is 2.29 bits per heavy atom. The lowest BCUT2D eigenvalue weighted by Gasteiger charge is -2.19. The molecule has 28 heavy (non-hydrogen) atoms. The fourth-order valence-corrected chi connectivity index (χ4v) is 2.55. The molecule has 2 aromatic rings. The van der Waals surface area contributed by atoms with Crippen LogP contribution >= 0.6 is 0 Å². The number of anilines is 1. The fraction of sp³-hybridized carbons (Fsp3) is 0.263. The molecule has 0 saturated carbocycles. The summed E-state index contributed by atoms with van der Waals surface area (Å²) < 4.78 is 44.1. The van der Waals surface area contributed by atoms with Crippen molar-refractivity contribution < 1.29 is 27.5 Å². The van der Waals surface area contributed by atoms with Crippen molar-refractivity contribution in [2.45, 2.75) is 25.6 Å². The third-order valence-corrected chi connectivity index (χ3v) is 3.85. The normalized spacial score (nSPS) is 12.0. The molecule has 3 N–H and O–H groups in total. The first-order chi connectivity index (χ1) is 13.2. The van der Waals surface area contributed by atoms with Crippen molar-refractivity contribution in [3.63, 3.8) is 0 Å². The molecule has 0 spiro atoms. The molecule has 6 nitrogen and oxygen atoms in total. The van der Waals surface area contributed by atoms with E-state index in [0.717, 1.165) is 6.07 Å². The van der Waals surface area contributed by atoms with Gasteiger partial charge in [0, 0.05) is 6.92 Å². The van der Waals surface area contributed by atoms with Crippen LogP contribution in [0.5, 0.6) is 5.75 Å². The van der Waals surface area contributed by atoms with Crippen molar-refractivity contribution in [1.82, 2.24) is 10.7 Å². The smallest absolute Gasteiger partial charge is 0.418 e. The zero-order valence-corrected chi connectivity index (χ0v) is 15.3. The molecule has 0 aliphatic heterocycles. The van der Waals surface area contributed by atoms with Crippen LogP contribution in [0, 0.1) is 0 Å². The highest BCUT2D eigenvalue weighted by Crippen LogP contribution is 2.34. The summed E-state index contributed by atoms with van der Waals surface area (Å²) in [6, 6.07) is 10.9. The molecule has 2 amide bonds. The lowest BCUT2D eigenvalue weighted by molar-refractivity contribution is -0.137. The standard InChI is InChI=1S/C19H20F3N3O3/c1-12(26)23-17(13-7-9-14(28-2)10-8-13)11-18(27)25-24-16-6-4-3-5-15(16)19(20,21)22/h3-10,17,24H,11H2,1-2H3,(H,23,26)(H,25,27). The number of hydrazine groups is 1. The van der Waals surface area contributed by atoms with E-state index in [9.17, 15) is 22.8 Å². The average molecular weight is 395 g/mol. The molecule has 0 aromatic heterocycles. The highest BCUT2D eigenvalue weighted by atomic mass is 19.4. The van der Waals surface area contributed by atoms with E-state index in [2.05, 4.69) is 16.2 Å². The minimum Gasteiger partial charge on any atom is -0.497 e. The average Bonchev–Trinajstić information content (AvgIpc) is 2.65. The first-order valence-electron chi connectivity index (χ1n) is 8.33. The third-order valence-electron chi connectivity index (χ3n) is 3.85. The van der Waals surface area contributed by atoms with E-state index in [1.54, 1.807) is 24.3 Å². The van der Waals surface area contributed by atoms with Gasteiger partial charge < -0.3 is 10.1 Å². The second kappa shape index (κ2) is 9.12. The molecule has 2 rings (SSSR count). The molecule has 0 aliphatic carbocycles. The van der Waals surface area contributed by atoms with Gasteiger partial charge in [0.1, 0.15) is 5.75 Å². The van der Waals surface area contributed by atoms with Crippen LogP contribution < -0.4 is 20.9 Å². The quantitative estimate of drug-likeness (QED) is 0.628. The molecule has 1 atom stereocenters. The topological polar surface area (TPSA) is 79.5 Å². The Morgan fingerprint density at radius 2 is 1.71 bits per heavy atom. The molecule has 0 fully saturated rings. The van der Waals surface area contributed by atoms with Gasteiger partial charge in [-0.05, 0) is 29.8 Å². The van der Waals surface area contributed by atoms with Crippen LogP contribution in [0.1, 0.15) is 30.5 Å². The summed E-state index contributed by atoms with van der Waals surface area (Å²) in [5.74, 6) is -0.323. The first kappa shape index (κ1) is 21.1. The van der Waals surface area contributed by atoms with Crippen LogP contribution in [-0.2, 0) is 15.8 Å². The largest absolute Gasteiger partial charge is 0.497 e. The SMILES string of the molecule is COc1ccc(C(CC(=O)NNc2ccccc2C(F)(F)F)NC(C)=O)cc1. The minimum absolute atomic E-state index is 0.174. The molecule has 0 radical (unpaired) electrons. The van der Waals surface area contributed by atoms with E-state index in [0.29, 0.717) is 11.3 Å². The molecule has 0 heterocycles. The van der Waals surface area contributed by atoms with Crippen LogP contribution in [0.15, 0.2) is 48.5 Å². The summed E-state index contributed by atoms with van der Waals surface area (Å²) in [5.41, 5.74) is 4.02. The van der Waals surface area contributed by atoms with Crippen LogP contribution in [0.3, 0.4) is 0 Å². The molecule has 1 unspecified atom stereocenters. The van der Waals surface area contributed by atoms with Crippen molar-refractivity contribution in [2.24, 2.45) is 0 Å². The number of methoxy groups -OCH3 is 1. The maximum atomic E-state index is 13.0. The van der Waals surface area contributed by atoms with Gasteiger partial charge in [-0.2, -0.15) is 13.2 Å².